The third kappa shape index (κ3) is 24.6. The Morgan fingerprint density at radius 2 is 0.784 bits per heavy atom. The molecule has 0 aliphatic heterocycles. The van der Waals surface area contributed by atoms with Crippen molar-refractivity contribution in [2.24, 2.45) is 108 Å². The SMILES string of the molecule is NC(N)=N/N=C/c1c(Cl)ccc(Cl)c1Cl.NC(N)=N/N=C/c1cc(F)c(F)cc1Cl.NC(N)=N/N=C/c1cc(F)cc(F)c1Cl.NC(N)=N/N=C/c1ccc(F)c(F)c1Cl.NC(N)=N/N=C/c1cccc(Cl)c1F. The van der Waals surface area contributed by atoms with Gasteiger partial charge in [0.05, 0.1) is 66.2 Å². The molecular weight excluding hydrogens is 1140 g/mol. The summed E-state index contributed by atoms with van der Waals surface area (Å²) in [7, 11) is 0. The van der Waals surface area contributed by atoms with Crippen molar-refractivity contribution in [3.63, 3.8) is 0 Å². The first-order chi connectivity index (χ1) is 34.7. The molecule has 34 heteroatoms. The Balaban J connectivity index is 0.000000463. The summed E-state index contributed by atoms with van der Waals surface area (Å²) >= 11 is 39.7. The van der Waals surface area contributed by atoms with Gasteiger partial charge in [-0.15, -0.1) is 25.5 Å². The van der Waals surface area contributed by atoms with Gasteiger partial charge in [0.15, 0.2) is 29.1 Å². The highest BCUT2D eigenvalue weighted by atomic mass is 35.5. The zero-order chi connectivity index (χ0) is 56.2. The van der Waals surface area contributed by atoms with E-state index >= 15 is 0 Å². The second-order valence-corrected chi connectivity index (χ2v) is 15.4. The number of hydrogen-bond donors (Lipinski definition) is 10. The van der Waals surface area contributed by atoms with Gasteiger partial charge in [0.2, 0.25) is 29.8 Å². The van der Waals surface area contributed by atoms with Gasteiger partial charge in [-0.1, -0.05) is 93.3 Å². The fourth-order valence-corrected chi connectivity index (χ4v) is 5.39. The molecular formula is C40H36Cl7F7N20. The second-order valence-electron chi connectivity index (χ2n) is 12.6. The lowest BCUT2D eigenvalue weighted by Gasteiger charge is -2.01. The molecule has 5 aromatic rings. The topological polar surface area (TPSA) is 384 Å². The summed E-state index contributed by atoms with van der Waals surface area (Å²) in [5, 5.41) is 34.3. The summed E-state index contributed by atoms with van der Waals surface area (Å²) in [6.45, 7) is 0. The van der Waals surface area contributed by atoms with Gasteiger partial charge in [-0.3, -0.25) is 0 Å². The Morgan fingerprint density at radius 3 is 1.30 bits per heavy atom. The monoisotopic (exact) mass is 1170 g/mol. The molecule has 5 rings (SSSR count). The zero-order valence-corrected chi connectivity index (χ0v) is 42.1. The lowest BCUT2D eigenvalue weighted by molar-refractivity contribution is 0.508. The van der Waals surface area contributed by atoms with Crippen LogP contribution in [0, 0.1) is 40.7 Å². The van der Waals surface area contributed by atoms with Crippen molar-refractivity contribution in [2.45, 2.75) is 0 Å². The molecule has 0 fully saturated rings. The van der Waals surface area contributed by atoms with Crippen LogP contribution in [0.1, 0.15) is 27.8 Å². The van der Waals surface area contributed by atoms with E-state index in [0.717, 1.165) is 42.9 Å². The minimum Gasteiger partial charge on any atom is -0.369 e. The molecule has 0 aliphatic carbocycles. The molecule has 0 atom stereocenters. The van der Waals surface area contributed by atoms with E-state index < -0.39 is 40.7 Å². The Labute approximate surface area is 449 Å². The van der Waals surface area contributed by atoms with Crippen LogP contribution in [0.5, 0.6) is 0 Å². The molecule has 0 aromatic heterocycles. The predicted molar refractivity (Wildman–Crippen MR) is 284 cm³/mol. The summed E-state index contributed by atoms with van der Waals surface area (Å²) in [6.07, 6.45) is 5.79. The number of benzene rings is 5. The quantitative estimate of drug-likeness (QED) is 0.0170. The van der Waals surface area contributed by atoms with Crippen LogP contribution in [0.2, 0.25) is 35.2 Å². The van der Waals surface area contributed by atoms with Gasteiger partial charge in [-0.25, -0.2) is 30.7 Å². The summed E-state index contributed by atoms with van der Waals surface area (Å²) in [6, 6.07) is 13.3. The number of nitrogens with two attached hydrogens (primary N) is 10. The maximum absolute atomic E-state index is 13.2. The van der Waals surface area contributed by atoms with E-state index in [1.807, 2.05) is 0 Å². The number of halogens is 14. The van der Waals surface area contributed by atoms with Crippen molar-refractivity contribution >= 4 is 142 Å². The van der Waals surface area contributed by atoms with Gasteiger partial charge >= 0.3 is 0 Å². The first-order valence-electron chi connectivity index (χ1n) is 18.8. The Kier molecular flexibility index (Phi) is 28.8. The van der Waals surface area contributed by atoms with E-state index in [0.29, 0.717) is 26.7 Å². The van der Waals surface area contributed by atoms with Crippen molar-refractivity contribution < 1.29 is 30.7 Å². The Hall–Kier alpha value is -7.66. The molecule has 0 amide bonds. The average molecular weight is 1180 g/mol. The van der Waals surface area contributed by atoms with Crippen molar-refractivity contribution in [1.29, 1.82) is 0 Å². The van der Waals surface area contributed by atoms with Gasteiger partial charge in [-0.2, -0.15) is 25.5 Å². The van der Waals surface area contributed by atoms with Crippen molar-refractivity contribution in [3.05, 3.63) is 170 Å². The van der Waals surface area contributed by atoms with E-state index in [2.05, 4.69) is 51.0 Å². The highest BCUT2D eigenvalue weighted by Gasteiger charge is 2.11. The highest BCUT2D eigenvalue weighted by molar-refractivity contribution is 6.45. The Morgan fingerprint density at radius 1 is 0.338 bits per heavy atom. The van der Waals surface area contributed by atoms with E-state index in [4.69, 9.17) is 139 Å². The van der Waals surface area contributed by atoms with Gasteiger partial charge in [-0.05, 0) is 48.5 Å². The van der Waals surface area contributed by atoms with E-state index in [1.54, 1.807) is 18.2 Å². The Bertz CT molecular complexity index is 3000. The summed E-state index contributed by atoms with van der Waals surface area (Å²) in [4.78, 5) is 0. The van der Waals surface area contributed by atoms with Crippen LogP contribution in [0.15, 0.2) is 118 Å². The molecule has 0 heterocycles. The number of hydrogen-bond acceptors (Lipinski definition) is 10. The fourth-order valence-electron chi connectivity index (χ4n) is 4.01. The molecule has 0 saturated heterocycles. The molecule has 20 nitrogen and oxygen atoms in total. The molecule has 0 radical (unpaired) electrons. The van der Waals surface area contributed by atoms with Gasteiger partial charge < -0.3 is 57.3 Å². The standard InChI is InChI=1S/C8H7Cl3N4.3C8H7ClF2N4.C8H8ClFN4/c9-5-1-2-6(10)7(11)4(5)3-14-15-8(12)13;9-5-2-7(11)6(10)1-4(5)3-14-15-8(12)13;9-7-4(3-14-15-8(12)13)1-5(10)2-6(7)11;9-6-4(3-14-15-8(12)13)1-2-5(10)7(6)11;9-6-3-1-2-5(7(6)10)4-13-14-8(11)12/h4*1-3H,(H4,12,13,15);1-4H,(H4,11,12,14)/b4*14-3+;13-4+. The van der Waals surface area contributed by atoms with E-state index in [9.17, 15) is 30.7 Å². The second kappa shape index (κ2) is 33.1. The largest absolute Gasteiger partial charge is 0.369 e. The predicted octanol–water partition coefficient (Wildman–Crippen LogP) is 7.02. The molecule has 5 aromatic carbocycles. The smallest absolute Gasteiger partial charge is 0.211 e. The first kappa shape index (κ1) is 64.4. The molecule has 74 heavy (non-hydrogen) atoms. The summed E-state index contributed by atoms with van der Waals surface area (Å²) < 4.78 is 89.8. The van der Waals surface area contributed by atoms with Gasteiger partial charge in [0.25, 0.3) is 0 Å². The van der Waals surface area contributed by atoms with Crippen LogP contribution in [-0.4, -0.2) is 60.9 Å². The normalized spacial score (nSPS) is 10.6. The first-order valence-corrected chi connectivity index (χ1v) is 21.4. The van der Waals surface area contributed by atoms with Crippen LogP contribution in [0.3, 0.4) is 0 Å². The average Bonchev–Trinajstić information content (AvgIpc) is 3.31. The third-order valence-corrected chi connectivity index (χ3v) is 9.58. The third-order valence-electron chi connectivity index (χ3n) is 7.03. The van der Waals surface area contributed by atoms with Crippen molar-refractivity contribution in [2.75, 3.05) is 0 Å². The van der Waals surface area contributed by atoms with Crippen LogP contribution < -0.4 is 57.3 Å². The molecule has 0 bridgehead atoms. The van der Waals surface area contributed by atoms with E-state index in [-0.39, 0.29) is 72.1 Å². The van der Waals surface area contributed by atoms with Crippen molar-refractivity contribution in [1.82, 2.24) is 0 Å². The molecule has 20 N–H and O–H groups in total. The lowest BCUT2D eigenvalue weighted by atomic mass is 10.2. The molecule has 0 saturated carbocycles. The maximum Gasteiger partial charge on any atom is 0.211 e. The van der Waals surface area contributed by atoms with E-state index in [1.165, 1.54) is 30.6 Å². The van der Waals surface area contributed by atoms with Gasteiger partial charge in [0, 0.05) is 33.9 Å². The highest BCUT2D eigenvalue weighted by Crippen LogP contribution is 2.30. The molecule has 0 aliphatic rings. The van der Waals surface area contributed by atoms with Gasteiger partial charge in [0.1, 0.15) is 11.6 Å². The summed E-state index contributed by atoms with van der Waals surface area (Å²) in [5.41, 5.74) is 51.3. The van der Waals surface area contributed by atoms with Crippen LogP contribution >= 0.6 is 81.2 Å². The number of guanidine groups is 5. The maximum atomic E-state index is 13.2. The van der Waals surface area contributed by atoms with Crippen molar-refractivity contribution in [3.8, 4) is 0 Å². The minimum atomic E-state index is -1.13. The lowest BCUT2D eigenvalue weighted by Crippen LogP contribution is -2.21. The van der Waals surface area contributed by atoms with Crippen LogP contribution in [0.4, 0.5) is 30.7 Å². The zero-order valence-electron chi connectivity index (χ0n) is 36.8. The van der Waals surface area contributed by atoms with Crippen LogP contribution in [-0.2, 0) is 0 Å². The number of rotatable bonds is 10. The fraction of sp³-hybridized carbons (Fsp3) is 0. The molecule has 394 valence electrons. The number of nitrogens with zero attached hydrogens (tertiary/aromatic N) is 10. The molecule has 0 spiro atoms. The van der Waals surface area contributed by atoms with Crippen LogP contribution in [0.25, 0.3) is 0 Å². The summed E-state index contributed by atoms with van der Waals surface area (Å²) in [5.74, 6) is -7.50. The molecule has 0 unspecified atom stereocenters. The minimum absolute atomic E-state index is 0.0171.